The number of nitrogens with zero attached hydrogens (tertiary/aromatic N) is 1. The Morgan fingerprint density at radius 1 is 1.19 bits per heavy atom. The molecular formula is C18H23NO2. The van der Waals surface area contributed by atoms with Crippen molar-refractivity contribution in [3.05, 3.63) is 34.9 Å². The van der Waals surface area contributed by atoms with Crippen molar-refractivity contribution in [1.29, 1.82) is 0 Å². The van der Waals surface area contributed by atoms with E-state index in [1.54, 1.807) is 4.90 Å². The van der Waals surface area contributed by atoms with Gasteiger partial charge in [-0.05, 0) is 55.2 Å². The average Bonchev–Trinajstić information content (AvgIpc) is 2.89. The zero-order valence-electron chi connectivity index (χ0n) is 12.7. The number of benzene rings is 1. The fourth-order valence-electron chi connectivity index (χ4n) is 3.35. The SMILES string of the molecule is CC1CCC(=O)N(CC(=O)c2ccc3c(c2)CCC3)CC1. The van der Waals surface area contributed by atoms with Gasteiger partial charge >= 0.3 is 0 Å². The fourth-order valence-corrected chi connectivity index (χ4v) is 3.35. The van der Waals surface area contributed by atoms with Crippen molar-refractivity contribution < 1.29 is 9.59 Å². The molecule has 0 N–H and O–H groups in total. The monoisotopic (exact) mass is 285 g/mol. The molecule has 1 aromatic carbocycles. The summed E-state index contributed by atoms with van der Waals surface area (Å²) in [6.45, 7) is 3.14. The molecule has 1 aromatic rings. The number of hydrogen-bond acceptors (Lipinski definition) is 2. The molecule has 0 bridgehead atoms. The Hall–Kier alpha value is -1.64. The standard InChI is InChI=1S/C18H23NO2/c1-13-5-8-18(21)19(10-9-13)12-17(20)16-7-6-14-3-2-4-15(14)11-16/h6-7,11,13H,2-5,8-10,12H2,1H3. The number of carbonyl (C=O) groups excluding carboxylic acids is 2. The van der Waals surface area contributed by atoms with E-state index in [0.717, 1.165) is 37.8 Å². The number of ketones is 1. The summed E-state index contributed by atoms with van der Waals surface area (Å²) in [6.07, 6.45) is 5.93. The maximum absolute atomic E-state index is 12.5. The summed E-state index contributed by atoms with van der Waals surface area (Å²) in [5.74, 6) is 0.788. The quantitative estimate of drug-likeness (QED) is 0.801. The van der Waals surface area contributed by atoms with E-state index in [2.05, 4.69) is 13.0 Å². The molecule has 1 aliphatic heterocycles. The normalized spacial score (nSPS) is 22.0. The molecule has 1 unspecified atom stereocenters. The Morgan fingerprint density at radius 2 is 2.00 bits per heavy atom. The summed E-state index contributed by atoms with van der Waals surface area (Å²) >= 11 is 0. The molecule has 3 rings (SSSR count). The molecule has 1 fully saturated rings. The zero-order valence-corrected chi connectivity index (χ0v) is 12.7. The van der Waals surface area contributed by atoms with Gasteiger partial charge in [0.1, 0.15) is 0 Å². The molecule has 1 atom stereocenters. The van der Waals surface area contributed by atoms with Crippen molar-refractivity contribution in [2.75, 3.05) is 13.1 Å². The van der Waals surface area contributed by atoms with Crippen molar-refractivity contribution in [2.45, 2.75) is 45.4 Å². The molecule has 1 aliphatic carbocycles. The summed E-state index contributed by atoms with van der Waals surface area (Å²) < 4.78 is 0. The smallest absolute Gasteiger partial charge is 0.222 e. The first-order valence-corrected chi connectivity index (χ1v) is 8.06. The molecule has 2 aliphatic rings. The Bertz CT molecular complexity index is 564. The molecule has 3 heteroatoms. The molecule has 0 spiro atoms. The number of Topliss-reactive ketones (excluding diaryl/α,β-unsaturated/α-hetero) is 1. The second-order valence-electron chi connectivity index (χ2n) is 6.51. The van der Waals surface area contributed by atoms with E-state index in [1.165, 1.54) is 17.5 Å². The van der Waals surface area contributed by atoms with Gasteiger partial charge in [0.15, 0.2) is 5.78 Å². The third kappa shape index (κ3) is 3.17. The Kier molecular flexibility index (Phi) is 4.09. The van der Waals surface area contributed by atoms with Crippen molar-refractivity contribution in [3.8, 4) is 0 Å². The molecule has 3 nitrogen and oxygen atoms in total. The van der Waals surface area contributed by atoms with Crippen molar-refractivity contribution in [2.24, 2.45) is 5.92 Å². The van der Waals surface area contributed by atoms with Crippen LogP contribution in [0, 0.1) is 5.92 Å². The van der Waals surface area contributed by atoms with Gasteiger partial charge in [-0.3, -0.25) is 9.59 Å². The molecule has 21 heavy (non-hydrogen) atoms. The predicted octanol–water partition coefficient (Wildman–Crippen LogP) is 3.01. The molecule has 0 saturated carbocycles. The maximum atomic E-state index is 12.5. The lowest BCUT2D eigenvalue weighted by Gasteiger charge is -2.20. The number of hydrogen-bond donors (Lipinski definition) is 0. The molecular weight excluding hydrogens is 262 g/mol. The summed E-state index contributed by atoms with van der Waals surface area (Å²) in [4.78, 5) is 26.3. The minimum Gasteiger partial charge on any atom is -0.335 e. The van der Waals surface area contributed by atoms with E-state index in [9.17, 15) is 9.59 Å². The lowest BCUT2D eigenvalue weighted by Crippen LogP contribution is -2.35. The van der Waals surface area contributed by atoms with Crippen LogP contribution in [0.2, 0.25) is 0 Å². The lowest BCUT2D eigenvalue weighted by atomic mass is 10.0. The van der Waals surface area contributed by atoms with E-state index >= 15 is 0 Å². The highest BCUT2D eigenvalue weighted by molar-refractivity contribution is 5.99. The van der Waals surface area contributed by atoms with E-state index in [4.69, 9.17) is 0 Å². The van der Waals surface area contributed by atoms with Gasteiger partial charge in [0, 0.05) is 18.5 Å². The summed E-state index contributed by atoms with van der Waals surface area (Å²) in [6, 6.07) is 6.05. The van der Waals surface area contributed by atoms with Crippen molar-refractivity contribution in [1.82, 2.24) is 4.90 Å². The Balaban J connectivity index is 1.69. The van der Waals surface area contributed by atoms with E-state index in [-0.39, 0.29) is 18.2 Å². The van der Waals surface area contributed by atoms with Gasteiger partial charge in [-0.25, -0.2) is 0 Å². The van der Waals surface area contributed by atoms with Crippen LogP contribution in [0.4, 0.5) is 0 Å². The molecule has 112 valence electrons. The van der Waals surface area contributed by atoms with Crippen LogP contribution in [0.3, 0.4) is 0 Å². The summed E-state index contributed by atoms with van der Waals surface area (Å²) in [7, 11) is 0. The highest BCUT2D eigenvalue weighted by Crippen LogP contribution is 2.23. The van der Waals surface area contributed by atoms with Crippen LogP contribution in [0.1, 0.15) is 54.1 Å². The fraction of sp³-hybridized carbons (Fsp3) is 0.556. The van der Waals surface area contributed by atoms with E-state index in [1.807, 2.05) is 12.1 Å². The number of likely N-dealkylation sites (tertiary alicyclic amines) is 1. The first-order valence-electron chi connectivity index (χ1n) is 8.06. The third-order valence-electron chi connectivity index (χ3n) is 4.85. The van der Waals surface area contributed by atoms with Crippen LogP contribution >= 0.6 is 0 Å². The first-order chi connectivity index (χ1) is 10.1. The predicted molar refractivity (Wildman–Crippen MR) is 82.4 cm³/mol. The summed E-state index contributed by atoms with van der Waals surface area (Å²) in [5, 5.41) is 0. The van der Waals surface area contributed by atoms with Crippen LogP contribution < -0.4 is 0 Å². The van der Waals surface area contributed by atoms with Crippen molar-refractivity contribution >= 4 is 11.7 Å². The zero-order chi connectivity index (χ0) is 14.8. The first kappa shape index (κ1) is 14.3. The van der Waals surface area contributed by atoms with E-state index < -0.39 is 0 Å². The molecule has 1 heterocycles. The topological polar surface area (TPSA) is 37.4 Å². The highest BCUT2D eigenvalue weighted by atomic mass is 16.2. The minimum absolute atomic E-state index is 0.0765. The molecule has 0 radical (unpaired) electrons. The minimum atomic E-state index is 0.0765. The van der Waals surface area contributed by atoms with Crippen LogP contribution in [0.5, 0.6) is 0 Å². The van der Waals surface area contributed by atoms with E-state index in [0.29, 0.717) is 12.3 Å². The van der Waals surface area contributed by atoms with Gasteiger partial charge in [0.2, 0.25) is 5.91 Å². The number of fused-ring (bicyclic) bond motifs is 1. The second kappa shape index (κ2) is 6.00. The number of rotatable bonds is 3. The second-order valence-corrected chi connectivity index (χ2v) is 6.51. The lowest BCUT2D eigenvalue weighted by molar-refractivity contribution is -0.130. The molecule has 1 saturated heterocycles. The maximum Gasteiger partial charge on any atom is 0.222 e. The van der Waals surface area contributed by atoms with Gasteiger partial charge in [-0.15, -0.1) is 0 Å². The number of carbonyl (C=O) groups is 2. The van der Waals surface area contributed by atoms with Crippen molar-refractivity contribution in [3.63, 3.8) is 0 Å². The molecule has 0 aromatic heterocycles. The largest absolute Gasteiger partial charge is 0.335 e. The average molecular weight is 285 g/mol. The Labute approximate surface area is 126 Å². The van der Waals surface area contributed by atoms with Gasteiger partial charge in [0.05, 0.1) is 6.54 Å². The van der Waals surface area contributed by atoms with Crippen LogP contribution in [0.15, 0.2) is 18.2 Å². The Morgan fingerprint density at radius 3 is 2.86 bits per heavy atom. The number of amides is 1. The van der Waals surface area contributed by atoms with Gasteiger partial charge in [-0.2, -0.15) is 0 Å². The highest BCUT2D eigenvalue weighted by Gasteiger charge is 2.23. The molecule has 1 amide bonds. The van der Waals surface area contributed by atoms with Gasteiger partial charge in [0.25, 0.3) is 0 Å². The third-order valence-corrected chi connectivity index (χ3v) is 4.85. The summed E-state index contributed by atoms with van der Waals surface area (Å²) in [5.41, 5.74) is 3.46. The van der Waals surface area contributed by atoms with Gasteiger partial charge in [-0.1, -0.05) is 19.1 Å². The van der Waals surface area contributed by atoms with Crippen LogP contribution in [0.25, 0.3) is 0 Å². The number of aryl methyl sites for hydroxylation is 2. The van der Waals surface area contributed by atoms with Gasteiger partial charge < -0.3 is 4.90 Å². The van der Waals surface area contributed by atoms with Crippen LogP contribution in [-0.2, 0) is 17.6 Å². The van der Waals surface area contributed by atoms with Crippen LogP contribution in [-0.4, -0.2) is 29.7 Å².